The standard InChI is InChI=1S/C11H10F3N3/c1-6-2-3-7(4-8(6)11(12,13)14)9-5-10(15)17-16-9/h2-5H,1H3,(H3,15,16,17). The molecule has 0 aliphatic carbocycles. The first-order chi connectivity index (χ1) is 7.88. The first kappa shape index (κ1) is 11.5. The van der Waals surface area contributed by atoms with Gasteiger partial charge in [0.05, 0.1) is 11.3 Å². The number of halogens is 3. The van der Waals surface area contributed by atoms with Crippen LogP contribution in [0.25, 0.3) is 11.3 Å². The molecule has 3 nitrogen and oxygen atoms in total. The number of alkyl halides is 3. The molecule has 2 rings (SSSR count). The molecule has 0 saturated heterocycles. The predicted octanol–water partition coefficient (Wildman–Crippen LogP) is 2.99. The highest BCUT2D eigenvalue weighted by Gasteiger charge is 2.32. The van der Waals surface area contributed by atoms with Crippen LogP contribution in [0.5, 0.6) is 0 Å². The molecule has 0 spiro atoms. The zero-order chi connectivity index (χ0) is 12.6. The Morgan fingerprint density at radius 3 is 2.47 bits per heavy atom. The van der Waals surface area contributed by atoms with E-state index in [1.807, 2.05) is 0 Å². The minimum Gasteiger partial charge on any atom is -0.382 e. The molecule has 0 unspecified atom stereocenters. The van der Waals surface area contributed by atoms with Crippen LogP contribution in [0.2, 0.25) is 0 Å². The van der Waals surface area contributed by atoms with Crippen molar-refractivity contribution in [2.75, 3.05) is 5.73 Å². The lowest BCUT2D eigenvalue weighted by molar-refractivity contribution is -0.138. The van der Waals surface area contributed by atoms with Crippen LogP contribution in [-0.4, -0.2) is 10.2 Å². The maximum absolute atomic E-state index is 12.7. The van der Waals surface area contributed by atoms with Crippen LogP contribution in [0.3, 0.4) is 0 Å². The summed E-state index contributed by atoms with van der Waals surface area (Å²) >= 11 is 0. The number of H-pyrrole nitrogens is 1. The van der Waals surface area contributed by atoms with E-state index in [0.29, 0.717) is 11.3 Å². The number of hydrogen-bond donors (Lipinski definition) is 2. The third-order valence-electron chi connectivity index (χ3n) is 2.45. The Morgan fingerprint density at radius 1 is 1.24 bits per heavy atom. The van der Waals surface area contributed by atoms with E-state index in [1.165, 1.54) is 19.1 Å². The summed E-state index contributed by atoms with van der Waals surface area (Å²) in [5.41, 5.74) is 5.82. The second kappa shape index (κ2) is 3.80. The fourth-order valence-electron chi connectivity index (χ4n) is 1.58. The van der Waals surface area contributed by atoms with Crippen molar-refractivity contribution in [3.8, 4) is 11.3 Å². The zero-order valence-corrected chi connectivity index (χ0v) is 8.97. The van der Waals surface area contributed by atoms with Crippen LogP contribution in [0, 0.1) is 6.92 Å². The average molecular weight is 241 g/mol. The molecule has 1 heterocycles. The molecule has 90 valence electrons. The van der Waals surface area contributed by atoms with Crippen molar-refractivity contribution in [3.63, 3.8) is 0 Å². The molecule has 0 bridgehead atoms. The fourth-order valence-corrected chi connectivity index (χ4v) is 1.58. The SMILES string of the molecule is Cc1ccc(-c2cc(N)n[nH]2)cc1C(F)(F)F. The Balaban J connectivity index is 2.51. The van der Waals surface area contributed by atoms with Gasteiger partial charge < -0.3 is 5.73 Å². The van der Waals surface area contributed by atoms with Gasteiger partial charge in [-0.2, -0.15) is 18.3 Å². The second-order valence-electron chi connectivity index (χ2n) is 3.73. The minimum absolute atomic E-state index is 0.189. The number of anilines is 1. The van der Waals surface area contributed by atoms with Gasteiger partial charge in [0.25, 0.3) is 0 Å². The molecule has 3 N–H and O–H groups in total. The minimum atomic E-state index is -4.36. The van der Waals surface area contributed by atoms with E-state index in [2.05, 4.69) is 10.2 Å². The third kappa shape index (κ3) is 2.25. The molecule has 1 aromatic heterocycles. The van der Waals surface area contributed by atoms with Gasteiger partial charge in [0.2, 0.25) is 0 Å². The molecule has 6 heteroatoms. The van der Waals surface area contributed by atoms with Gasteiger partial charge in [0.15, 0.2) is 0 Å². The zero-order valence-electron chi connectivity index (χ0n) is 8.97. The van der Waals surface area contributed by atoms with Crippen LogP contribution in [0.1, 0.15) is 11.1 Å². The molecule has 0 radical (unpaired) electrons. The van der Waals surface area contributed by atoms with Crippen molar-refractivity contribution in [3.05, 3.63) is 35.4 Å². The van der Waals surface area contributed by atoms with Crippen LogP contribution in [-0.2, 0) is 6.18 Å². The molecule has 17 heavy (non-hydrogen) atoms. The molecule has 1 aromatic carbocycles. The van der Waals surface area contributed by atoms with Crippen LogP contribution in [0.15, 0.2) is 24.3 Å². The number of hydrogen-bond acceptors (Lipinski definition) is 2. The topological polar surface area (TPSA) is 54.7 Å². The van der Waals surface area contributed by atoms with Gasteiger partial charge in [-0.05, 0) is 18.6 Å². The summed E-state index contributed by atoms with van der Waals surface area (Å²) in [5, 5.41) is 6.26. The number of aromatic amines is 1. The number of nitrogens with one attached hydrogen (secondary N) is 1. The van der Waals surface area contributed by atoms with E-state index < -0.39 is 11.7 Å². The average Bonchev–Trinajstić information content (AvgIpc) is 2.64. The quantitative estimate of drug-likeness (QED) is 0.806. The van der Waals surface area contributed by atoms with Crippen LogP contribution in [0.4, 0.5) is 19.0 Å². The number of aromatic nitrogens is 2. The summed E-state index contributed by atoms with van der Waals surface area (Å²) in [4.78, 5) is 0. The number of benzene rings is 1. The van der Waals surface area contributed by atoms with Gasteiger partial charge in [0, 0.05) is 11.6 Å². The van der Waals surface area contributed by atoms with Crippen molar-refractivity contribution in [2.45, 2.75) is 13.1 Å². The lowest BCUT2D eigenvalue weighted by Gasteiger charge is -2.11. The first-order valence-electron chi connectivity index (χ1n) is 4.87. The van der Waals surface area contributed by atoms with E-state index >= 15 is 0 Å². The van der Waals surface area contributed by atoms with E-state index in [4.69, 9.17) is 5.73 Å². The number of rotatable bonds is 1. The number of nitrogens with two attached hydrogens (primary N) is 1. The summed E-state index contributed by atoms with van der Waals surface area (Å²) in [7, 11) is 0. The number of aryl methyl sites for hydroxylation is 1. The monoisotopic (exact) mass is 241 g/mol. The maximum atomic E-state index is 12.7. The Bertz CT molecular complexity index is 543. The molecule has 0 amide bonds. The van der Waals surface area contributed by atoms with Gasteiger partial charge in [-0.15, -0.1) is 0 Å². The number of nitrogens with zero attached hydrogens (tertiary/aromatic N) is 1. The Kier molecular flexibility index (Phi) is 2.57. The fraction of sp³-hybridized carbons (Fsp3) is 0.182. The molecular formula is C11H10F3N3. The van der Waals surface area contributed by atoms with Crippen molar-refractivity contribution < 1.29 is 13.2 Å². The van der Waals surface area contributed by atoms with Crippen molar-refractivity contribution >= 4 is 5.82 Å². The lowest BCUT2D eigenvalue weighted by Crippen LogP contribution is -2.07. The van der Waals surface area contributed by atoms with E-state index in [9.17, 15) is 13.2 Å². The molecule has 0 aliphatic rings. The van der Waals surface area contributed by atoms with Crippen molar-refractivity contribution in [2.24, 2.45) is 0 Å². The normalized spacial score (nSPS) is 11.8. The summed E-state index contributed by atoms with van der Waals surface area (Å²) < 4.78 is 38.1. The van der Waals surface area contributed by atoms with Gasteiger partial charge in [-0.25, -0.2) is 0 Å². The Morgan fingerprint density at radius 2 is 1.94 bits per heavy atom. The van der Waals surface area contributed by atoms with E-state index in [1.54, 1.807) is 6.07 Å². The van der Waals surface area contributed by atoms with Gasteiger partial charge in [0.1, 0.15) is 5.82 Å². The molecular weight excluding hydrogens is 231 g/mol. The van der Waals surface area contributed by atoms with E-state index in [0.717, 1.165) is 6.07 Å². The highest BCUT2D eigenvalue weighted by Crippen LogP contribution is 2.34. The molecule has 0 aliphatic heterocycles. The third-order valence-corrected chi connectivity index (χ3v) is 2.45. The highest BCUT2D eigenvalue weighted by molar-refractivity contribution is 5.63. The van der Waals surface area contributed by atoms with Gasteiger partial charge in [-0.3, -0.25) is 5.10 Å². The first-order valence-corrected chi connectivity index (χ1v) is 4.87. The van der Waals surface area contributed by atoms with Crippen molar-refractivity contribution in [1.29, 1.82) is 0 Å². The maximum Gasteiger partial charge on any atom is 0.416 e. The lowest BCUT2D eigenvalue weighted by atomic mass is 10.0. The smallest absolute Gasteiger partial charge is 0.382 e. The molecule has 2 aromatic rings. The predicted molar refractivity (Wildman–Crippen MR) is 58.2 cm³/mol. The largest absolute Gasteiger partial charge is 0.416 e. The molecule has 0 atom stereocenters. The summed E-state index contributed by atoms with van der Waals surface area (Å²) in [5.74, 6) is 0.245. The van der Waals surface area contributed by atoms with Crippen LogP contribution >= 0.6 is 0 Å². The summed E-state index contributed by atoms with van der Waals surface area (Å²) in [6.45, 7) is 1.42. The van der Waals surface area contributed by atoms with Gasteiger partial charge in [-0.1, -0.05) is 12.1 Å². The van der Waals surface area contributed by atoms with Gasteiger partial charge >= 0.3 is 6.18 Å². The molecule has 0 saturated carbocycles. The van der Waals surface area contributed by atoms with E-state index in [-0.39, 0.29) is 11.4 Å². The number of nitrogen functional groups attached to an aromatic ring is 1. The van der Waals surface area contributed by atoms with Crippen molar-refractivity contribution in [1.82, 2.24) is 10.2 Å². The Hall–Kier alpha value is -1.98. The van der Waals surface area contributed by atoms with Crippen LogP contribution < -0.4 is 5.73 Å². The highest BCUT2D eigenvalue weighted by atomic mass is 19.4. The second-order valence-corrected chi connectivity index (χ2v) is 3.73. The summed E-state index contributed by atoms with van der Waals surface area (Å²) in [6, 6.07) is 5.60. The Labute approximate surface area is 95.5 Å². The summed E-state index contributed by atoms with van der Waals surface area (Å²) in [6.07, 6.45) is -4.36. The molecule has 0 fully saturated rings.